The Balaban J connectivity index is 1.89. The van der Waals surface area contributed by atoms with E-state index in [1.165, 1.54) is 11.3 Å². The van der Waals surface area contributed by atoms with Gasteiger partial charge < -0.3 is 14.8 Å². The van der Waals surface area contributed by atoms with Gasteiger partial charge in [-0.1, -0.05) is 11.3 Å². The van der Waals surface area contributed by atoms with Crippen LogP contribution >= 0.6 is 11.3 Å². The predicted molar refractivity (Wildman–Crippen MR) is 75.1 cm³/mol. The maximum Gasteiger partial charge on any atom is 0.205 e. The Morgan fingerprint density at radius 3 is 2.89 bits per heavy atom. The average molecular weight is 277 g/mol. The lowest BCUT2D eigenvalue weighted by atomic mass is 10.2. The third-order valence-electron chi connectivity index (χ3n) is 2.75. The van der Waals surface area contributed by atoms with Gasteiger partial charge in [-0.25, -0.2) is 0 Å². The first-order valence-corrected chi connectivity index (χ1v) is 7.16. The number of aromatic nitrogens is 2. The van der Waals surface area contributed by atoms with Crippen LogP contribution in [0.1, 0.15) is 13.3 Å². The maximum atomic E-state index is 5.68. The lowest BCUT2D eigenvalue weighted by Crippen LogP contribution is -1.97. The summed E-state index contributed by atoms with van der Waals surface area (Å²) in [6, 6.07) is 5.89. The Labute approximate surface area is 115 Å². The Morgan fingerprint density at radius 2 is 2.05 bits per heavy atom. The van der Waals surface area contributed by atoms with Crippen LogP contribution in [0.3, 0.4) is 0 Å². The molecule has 0 atom stereocenters. The minimum absolute atomic E-state index is 0.690. The van der Waals surface area contributed by atoms with E-state index in [0.29, 0.717) is 13.2 Å². The van der Waals surface area contributed by atoms with Gasteiger partial charge in [0.05, 0.1) is 13.2 Å². The molecule has 1 aliphatic heterocycles. The van der Waals surface area contributed by atoms with E-state index >= 15 is 0 Å². The molecule has 2 aromatic rings. The molecule has 1 aromatic carbocycles. The van der Waals surface area contributed by atoms with Crippen LogP contribution in [0.15, 0.2) is 18.2 Å². The van der Waals surface area contributed by atoms with Gasteiger partial charge >= 0.3 is 0 Å². The molecule has 100 valence electrons. The Kier molecular flexibility index (Phi) is 3.50. The molecule has 3 rings (SSSR count). The molecule has 1 aromatic heterocycles. The van der Waals surface area contributed by atoms with E-state index in [4.69, 9.17) is 9.47 Å². The van der Waals surface area contributed by atoms with Crippen molar-refractivity contribution in [3.05, 3.63) is 18.2 Å². The summed E-state index contributed by atoms with van der Waals surface area (Å²) in [7, 11) is 0. The minimum atomic E-state index is 0.690. The van der Waals surface area contributed by atoms with Gasteiger partial charge in [0.2, 0.25) is 5.13 Å². The largest absolute Gasteiger partial charge is 0.490 e. The molecule has 5 nitrogen and oxygen atoms in total. The molecule has 6 heteroatoms. The number of benzene rings is 1. The number of nitrogens with one attached hydrogen (secondary N) is 1. The SMILES string of the molecule is CCNc1nnc(-c2ccc3c(c2)OCCCO3)s1. The molecule has 0 saturated carbocycles. The lowest BCUT2D eigenvalue weighted by molar-refractivity contribution is 0.297. The summed E-state index contributed by atoms with van der Waals surface area (Å²) in [5, 5.41) is 13.2. The van der Waals surface area contributed by atoms with Crippen molar-refractivity contribution in [1.82, 2.24) is 10.2 Å². The fourth-order valence-corrected chi connectivity index (χ4v) is 2.67. The summed E-state index contributed by atoms with van der Waals surface area (Å²) in [6.45, 7) is 4.27. The molecule has 0 radical (unpaired) electrons. The molecule has 0 fully saturated rings. The smallest absolute Gasteiger partial charge is 0.205 e. The molecule has 0 amide bonds. The number of anilines is 1. The predicted octanol–water partition coefficient (Wildman–Crippen LogP) is 2.80. The number of rotatable bonds is 3. The second-order valence-corrected chi connectivity index (χ2v) is 5.13. The standard InChI is InChI=1S/C13H15N3O2S/c1-2-14-13-16-15-12(19-13)9-4-5-10-11(8-9)18-7-3-6-17-10/h4-5,8H,2-3,6-7H2,1H3,(H,14,16). The molecule has 0 bridgehead atoms. The van der Waals surface area contributed by atoms with Crippen molar-refractivity contribution in [2.24, 2.45) is 0 Å². The van der Waals surface area contributed by atoms with Crippen molar-refractivity contribution >= 4 is 16.5 Å². The van der Waals surface area contributed by atoms with Gasteiger partial charge in [-0.15, -0.1) is 10.2 Å². The van der Waals surface area contributed by atoms with Crippen molar-refractivity contribution in [3.63, 3.8) is 0 Å². The van der Waals surface area contributed by atoms with Crippen molar-refractivity contribution in [2.75, 3.05) is 25.1 Å². The van der Waals surface area contributed by atoms with Gasteiger partial charge in [-0.3, -0.25) is 0 Å². The fourth-order valence-electron chi connectivity index (χ4n) is 1.86. The van der Waals surface area contributed by atoms with Crippen LogP contribution in [-0.4, -0.2) is 30.0 Å². The average Bonchev–Trinajstić information content (AvgIpc) is 2.76. The van der Waals surface area contributed by atoms with Crippen molar-refractivity contribution in [1.29, 1.82) is 0 Å². The van der Waals surface area contributed by atoms with E-state index in [2.05, 4.69) is 15.5 Å². The molecule has 2 heterocycles. The van der Waals surface area contributed by atoms with Crippen LogP contribution in [0.5, 0.6) is 11.5 Å². The Morgan fingerprint density at radius 1 is 1.21 bits per heavy atom. The fraction of sp³-hybridized carbons (Fsp3) is 0.385. The number of fused-ring (bicyclic) bond motifs is 1. The summed E-state index contributed by atoms with van der Waals surface area (Å²) in [5.74, 6) is 1.59. The van der Waals surface area contributed by atoms with Gasteiger partial charge in [0, 0.05) is 18.5 Å². The first kappa shape index (κ1) is 12.2. The van der Waals surface area contributed by atoms with Gasteiger partial charge in [-0.2, -0.15) is 0 Å². The maximum absolute atomic E-state index is 5.68. The van der Waals surface area contributed by atoms with Crippen LogP contribution in [0, 0.1) is 0 Å². The highest BCUT2D eigenvalue weighted by Crippen LogP contribution is 2.35. The van der Waals surface area contributed by atoms with Gasteiger partial charge in [0.15, 0.2) is 11.5 Å². The van der Waals surface area contributed by atoms with Crippen LogP contribution in [-0.2, 0) is 0 Å². The molecule has 1 N–H and O–H groups in total. The van der Waals surface area contributed by atoms with E-state index in [9.17, 15) is 0 Å². The lowest BCUT2D eigenvalue weighted by Gasteiger charge is -2.07. The van der Waals surface area contributed by atoms with Crippen LogP contribution in [0.4, 0.5) is 5.13 Å². The zero-order valence-electron chi connectivity index (χ0n) is 10.7. The van der Waals surface area contributed by atoms with E-state index in [1.807, 2.05) is 25.1 Å². The molecule has 0 aliphatic carbocycles. The number of hydrogen-bond donors (Lipinski definition) is 1. The van der Waals surface area contributed by atoms with Gasteiger partial charge in [0.25, 0.3) is 0 Å². The first-order valence-electron chi connectivity index (χ1n) is 6.34. The van der Waals surface area contributed by atoms with Crippen molar-refractivity contribution in [2.45, 2.75) is 13.3 Å². The van der Waals surface area contributed by atoms with Crippen molar-refractivity contribution in [3.8, 4) is 22.1 Å². The molecule has 0 saturated heterocycles. The second-order valence-electron chi connectivity index (χ2n) is 4.15. The van der Waals surface area contributed by atoms with Gasteiger partial charge in [-0.05, 0) is 25.1 Å². The second kappa shape index (κ2) is 5.44. The molecular weight excluding hydrogens is 262 g/mol. The third-order valence-corrected chi connectivity index (χ3v) is 3.68. The van der Waals surface area contributed by atoms with Crippen LogP contribution < -0.4 is 14.8 Å². The molecule has 0 unspecified atom stereocenters. The monoisotopic (exact) mass is 277 g/mol. The molecule has 19 heavy (non-hydrogen) atoms. The Bertz CT molecular complexity index is 571. The van der Waals surface area contributed by atoms with E-state index in [-0.39, 0.29) is 0 Å². The van der Waals surface area contributed by atoms with Crippen LogP contribution in [0.2, 0.25) is 0 Å². The Hall–Kier alpha value is -1.82. The van der Waals surface area contributed by atoms with E-state index in [1.54, 1.807) is 0 Å². The van der Waals surface area contributed by atoms with Crippen LogP contribution in [0.25, 0.3) is 10.6 Å². The molecule has 0 spiro atoms. The third kappa shape index (κ3) is 2.63. The van der Waals surface area contributed by atoms with E-state index in [0.717, 1.165) is 40.2 Å². The highest BCUT2D eigenvalue weighted by molar-refractivity contribution is 7.18. The quantitative estimate of drug-likeness (QED) is 0.935. The zero-order chi connectivity index (χ0) is 13.1. The first-order chi connectivity index (χ1) is 9.36. The van der Waals surface area contributed by atoms with E-state index < -0.39 is 0 Å². The highest BCUT2D eigenvalue weighted by Gasteiger charge is 2.13. The highest BCUT2D eigenvalue weighted by atomic mass is 32.1. The normalized spacial score (nSPS) is 13.9. The molecular formula is C13H15N3O2S. The summed E-state index contributed by atoms with van der Waals surface area (Å²) in [6.07, 6.45) is 0.910. The van der Waals surface area contributed by atoms with Gasteiger partial charge in [0.1, 0.15) is 5.01 Å². The summed E-state index contributed by atoms with van der Waals surface area (Å²) in [4.78, 5) is 0. The zero-order valence-corrected chi connectivity index (χ0v) is 11.5. The number of hydrogen-bond acceptors (Lipinski definition) is 6. The number of nitrogens with zero attached hydrogens (tertiary/aromatic N) is 2. The minimum Gasteiger partial charge on any atom is -0.490 e. The summed E-state index contributed by atoms with van der Waals surface area (Å²) >= 11 is 1.54. The number of ether oxygens (including phenoxy) is 2. The summed E-state index contributed by atoms with van der Waals surface area (Å²) < 4.78 is 11.3. The van der Waals surface area contributed by atoms with Crippen molar-refractivity contribution < 1.29 is 9.47 Å². The molecule has 1 aliphatic rings. The summed E-state index contributed by atoms with van der Waals surface area (Å²) in [5.41, 5.74) is 1.01. The topological polar surface area (TPSA) is 56.3 Å².